The maximum Gasteiger partial charge on any atom is 0.308 e. The van der Waals surface area contributed by atoms with E-state index in [4.69, 9.17) is 5.11 Å². The molecule has 1 unspecified atom stereocenters. The van der Waals surface area contributed by atoms with Crippen LogP contribution in [0.15, 0.2) is 12.2 Å². The van der Waals surface area contributed by atoms with E-state index < -0.39 is 5.97 Å². The SMILES string of the molecule is C=C(CC(=O)O)C(=O)NC(C)CCCCCC. The number of aliphatic carboxylic acids is 1. The molecule has 0 aromatic carbocycles. The fourth-order valence-electron chi connectivity index (χ4n) is 1.54. The maximum absolute atomic E-state index is 11.5. The van der Waals surface area contributed by atoms with Gasteiger partial charge < -0.3 is 10.4 Å². The normalized spacial score (nSPS) is 11.9. The Morgan fingerprint density at radius 3 is 2.47 bits per heavy atom. The first-order valence-electron chi connectivity index (χ1n) is 6.17. The Hall–Kier alpha value is -1.32. The van der Waals surface area contributed by atoms with E-state index in [1.54, 1.807) is 0 Å². The summed E-state index contributed by atoms with van der Waals surface area (Å²) in [6.45, 7) is 7.55. The van der Waals surface area contributed by atoms with E-state index in [0.29, 0.717) is 0 Å². The van der Waals surface area contributed by atoms with Gasteiger partial charge in [0.2, 0.25) is 5.91 Å². The Morgan fingerprint density at radius 1 is 1.29 bits per heavy atom. The second-order valence-electron chi connectivity index (χ2n) is 4.40. The average Bonchev–Trinajstić information content (AvgIpc) is 2.23. The van der Waals surface area contributed by atoms with Crippen LogP contribution in [-0.4, -0.2) is 23.0 Å². The predicted octanol–water partition coefficient (Wildman–Crippen LogP) is 2.49. The number of carboxylic acid groups (broad SMARTS) is 1. The van der Waals surface area contributed by atoms with Crippen LogP contribution >= 0.6 is 0 Å². The first-order valence-corrected chi connectivity index (χ1v) is 6.17. The van der Waals surface area contributed by atoms with Gasteiger partial charge in [-0.05, 0) is 13.3 Å². The number of carbonyl (C=O) groups excluding carboxylic acids is 1. The van der Waals surface area contributed by atoms with Crippen molar-refractivity contribution in [2.75, 3.05) is 0 Å². The van der Waals surface area contributed by atoms with E-state index in [0.717, 1.165) is 12.8 Å². The molecule has 0 spiro atoms. The third kappa shape index (κ3) is 8.48. The van der Waals surface area contributed by atoms with Crippen LogP contribution in [0.1, 0.15) is 52.4 Å². The van der Waals surface area contributed by atoms with Gasteiger partial charge in [0.25, 0.3) is 0 Å². The molecule has 1 amide bonds. The molecule has 1 atom stereocenters. The van der Waals surface area contributed by atoms with Crippen LogP contribution in [0.2, 0.25) is 0 Å². The molecule has 0 aliphatic heterocycles. The van der Waals surface area contributed by atoms with Crippen molar-refractivity contribution in [2.24, 2.45) is 0 Å². The maximum atomic E-state index is 11.5. The van der Waals surface area contributed by atoms with Gasteiger partial charge in [0.05, 0.1) is 6.42 Å². The van der Waals surface area contributed by atoms with Gasteiger partial charge in [-0.1, -0.05) is 39.2 Å². The van der Waals surface area contributed by atoms with E-state index in [1.807, 2.05) is 6.92 Å². The van der Waals surface area contributed by atoms with Gasteiger partial charge in [-0.25, -0.2) is 0 Å². The summed E-state index contributed by atoms with van der Waals surface area (Å²) in [5, 5.41) is 11.3. The van der Waals surface area contributed by atoms with Crippen molar-refractivity contribution in [3.05, 3.63) is 12.2 Å². The lowest BCUT2D eigenvalue weighted by Crippen LogP contribution is -2.33. The Morgan fingerprint density at radius 2 is 1.94 bits per heavy atom. The minimum Gasteiger partial charge on any atom is -0.481 e. The molecule has 4 heteroatoms. The van der Waals surface area contributed by atoms with Crippen molar-refractivity contribution >= 4 is 11.9 Å². The molecule has 0 rings (SSSR count). The number of amides is 1. The number of carbonyl (C=O) groups is 2. The molecule has 0 bridgehead atoms. The Bertz CT molecular complexity index is 274. The van der Waals surface area contributed by atoms with Crippen LogP contribution in [-0.2, 0) is 9.59 Å². The molecule has 0 aliphatic rings. The lowest BCUT2D eigenvalue weighted by atomic mass is 10.1. The summed E-state index contributed by atoms with van der Waals surface area (Å²) in [6.07, 6.45) is 5.29. The molecule has 17 heavy (non-hydrogen) atoms. The van der Waals surface area contributed by atoms with E-state index in [9.17, 15) is 9.59 Å². The van der Waals surface area contributed by atoms with Gasteiger partial charge in [0.1, 0.15) is 0 Å². The third-order valence-electron chi connectivity index (χ3n) is 2.55. The van der Waals surface area contributed by atoms with E-state index in [-0.39, 0.29) is 23.9 Å². The minimum atomic E-state index is -1.03. The van der Waals surface area contributed by atoms with Crippen molar-refractivity contribution in [2.45, 2.75) is 58.4 Å². The average molecular weight is 241 g/mol. The number of rotatable bonds is 9. The second-order valence-corrected chi connectivity index (χ2v) is 4.40. The van der Waals surface area contributed by atoms with E-state index in [1.165, 1.54) is 19.3 Å². The molecular weight excluding hydrogens is 218 g/mol. The molecule has 0 aromatic heterocycles. The molecule has 2 N–H and O–H groups in total. The number of hydrogen-bond acceptors (Lipinski definition) is 2. The lowest BCUT2D eigenvalue weighted by Gasteiger charge is -2.14. The Kier molecular flexibility index (Phi) is 8.11. The lowest BCUT2D eigenvalue weighted by molar-refractivity contribution is -0.137. The molecule has 0 saturated carbocycles. The van der Waals surface area contributed by atoms with Crippen molar-refractivity contribution in [3.8, 4) is 0 Å². The molecule has 0 saturated heterocycles. The van der Waals surface area contributed by atoms with Crippen molar-refractivity contribution in [3.63, 3.8) is 0 Å². The van der Waals surface area contributed by atoms with Crippen LogP contribution < -0.4 is 5.32 Å². The zero-order chi connectivity index (χ0) is 13.3. The Balaban J connectivity index is 3.79. The summed E-state index contributed by atoms with van der Waals surface area (Å²) in [4.78, 5) is 21.9. The number of nitrogens with one attached hydrogen (secondary N) is 1. The first-order chi connectivity index (χ1) is 7.97. The number of unbranched alkanes of at least 4 members (excludes halogenated alkanes) is 3. The summed E-state index contributed by atoms with van der Waals surface area (Å²) >= 11 is 0. The zero-order valence-electron chi connectivity index (χ0n) is 10.8. The first kappa shape index (κ1) is 15.7. The molecule has 0 radical (unpaired) electrons. The standard InChI is InChI=1S/C13H23NO3/c1-4-5-6-7-8-11(3)14-13(17)10(2)9-12(15)16/h11H,2,4-9H2,1,3H3,(H,14,17)(H,15,16). The minimum absolute atomic E-state index is 0.0740. The van der Waals surface area contributed by atoms with Crippen LogP contribution in [0.3, 0.4) is 0 Å². The molecular formula is C13H23NO3. The monoisotopic (exact) mass is 241 g/mol. The fraction of sp³-hybridized carbons (Fsp3) is 0.692. The number of hydrogen-bond donors (Lipinski definition) is 2. The fourth-order valence-corrected chi connectivity index (χ4v) is 1.54. The van der Waals surface area contributed by atoms with Gasteiger partial charge in [-0.3, -0.25) is 9.59 Å². The zero-order valence-corrected chi connectivity index (χ0v) is 10.8. The molecule has 98 valence electrons. The number of carboxylic acids is 1. The van der Waals surface area contributed by atoms with Gasteiger partial charge in [-0.2, -0.15) is 0 Å². The van der Waals surface area contributed by atoms with Crippen LogP contribution in [0.5, 0.6) is 0 Å². The van der Waals surface area contributed by atoms with Gasteiger partial charge in [0, 0.05) is 11.6 Å². The Labute approximate surface area is 103 Å². The van der Waals surface area contributed by atoms with Crippen molar-refractivity contribution < 1.29 is 14.7 Å². The van der Waals surface area contributed by atoms with Crippen LogP contribution in [0.4, 0.5) is 0 Å². The molecule has 4 nitrogen and oxygen atoms in total. The third-order valence-corrected chi connectivity index (χ3v) is 2.55. The van der Waals surface area contributed by atoms with Crippen molar-refractivity contribution in [1.82, 2.24) is 5.32 Å². The van der Waals surface area contributed by atoms with Gasteiger partial charge >= 0.3 is 5.97 Å². The highest BCUT2D eigenvalue weighted by Gasteiger charge is 2.12. The molecule has 0 aromatic rings. The highest BCUT2D eigenvalue weighted by molar-refractivity contribution is 5.96. The summed E-state index contributed by atoms with van der Waals surface area (Å²) in [7, 11) is 0. The second kappa shape index (κ2) is 8.79. The smallest absolute Gasteiger partial charge is 0.308 e. The van der Waals surface area contributed by atoms with Gasteiger partial charge in [0.15, 0.2) is 0 Å². The molecule has 0 heterocycles. The predicted molar refractivity (Wildman–Crippen MR) is 67.8 cm³/mol. The topological polar surface area (TPSA) is 66.4 Å². The summed E-state index contributed by atoms with van der Waals surface area (Å²) < 4.78 is 0. The van der Waals surface area contributed by atoms with E-state index in [2.05, 4.69) is 18.8 Å². The summed E-state index contributed by atoms with van der Waals surface area (Å²) in [6, 6.07) is 0.0740. The quantitative estimate of drug-likeness (QED) is 0.481. The summed E-state index contributed by atoms with van der Waals surface area (Å²) in [5.74, 6) is -1.38. The van der Waals surface area contributed by atoms with Crippen LogP contribution in [0.25, 0.3) is 0 Å². The van der Waals surface area contributed by atoms with Gasteiger partial charge in [-0.15, -0.1) is 0 Å². The highest BCUT2D eigenvalue weighted by atomic mass is 16.4. The summed E-state index contributed by atoms with van der Waals surface area (Å²) in [5.41, 5.74) is 0.109. The van der Waals surface area contributed by atoms with Crippen LogP contribution in [0, 0.1) is 0 Å². The highest BCUT2D eigenvalue weighted by Crippen LogP contribution is 2.06. The van der Waals surface area contributed by atoms with E-state index >= 15 is 0 Å². The molecule has 0 fully saturated rings. The largest absolute Gasteiger partial charge is 0.481 e. The van der Waals surface area contributed by atoms with Crippen molar-refractivity contribution in [1.29, 1.82) is 0 Å². The molecule has 0 aliphatic carbocycles.